The number of nitrogens with zero attached hydrogens (tertiary/aromatic N) is 2. The Labute approximate surface area is 106 Å². The molecule has 0 saturated heterocycles. The largest absolute Gasteiger partial charge is 0.353 e. The van der Waals surface area contributed by atoms with Crippen LogP contribution in [0.4, 0.5) is 5.95 Å². The number of hydrogen-bond acceptors (Lipinski definition) is 5. The number of anilines is 1. The third-order valence-electron chi connectivity index (χ3n) is 2.26. The number of aromatic nitrogens is 2. The predicted octanol–water partition coefficient (Wildman–Crippen LogP) is 0.591. The van der Waals surface area contributed by atoms with Gasteiger partial charge in [-0.2, -0.15) is 0 Å². The van der Waals surface area contributed by atoms with Crippen molar-refractivity contribution in [3.63, 3.8) is 0 Å². The van der Waals surface area contributed by atoms with Gasteiger partial charge in [-0.3, -0.25) is 0 Å². The summed E-state index contributed by atoms with van der Waals surface area (Å²) < 4.78 is 24.1. The zero-order chi connectivity index (χ0) is 13.0. The van der Waals surface area contributed by atoms with Crippen LogP contribution >= 0.6 is 0 Å². The van der Waals surface area contributed by atoms with E-state index in [-0.39, 0.29) is 0 Å². The second kappa shape index (κ2) is 5.28. The fourth-order valence-electron chi connectivity index (χ4n) is 1.47. The first-order valence-electron chi connectivity index (χ1n) is 5.45. The van der Waals surface area contributed by atoms with E-state index in [1.54, 1.807) is 6.20 Å². The number of benzene rings is 1. The molecule has 96 valence electrons. The van der Waals surface area contributed by atoms with Crippen LogP contribution in [0.15, 0.2) is 30.5 Å². The quantitative estimate of drug-likeness (QED) is 0.774. The molecule has 0 aliphatic heterocycles. The first-order valence-corrected chi connectivity index (χ1v) is 7.34. The van der Waals surface area contributed by atoms with Crippen molar-refractivity contribution in [3.8, 4) is 0 Å². The Morgan fingerprint density at radius 2 is 2.00 bits per heavy atom. The van der Waals surface area contributed by atoms with Crippen molar-refractivity contribution in [1.82, 2.24) is 14.7 Å². The minimum absolute atomic E-state index is 0.301. The van der Waals surface area contributed by atoms with Gasteiger partial charge in [-0.1, -0.05) is 18.2 Å². The van der Waals surface area contributed by atoms with Gasteiger partial charge in [0.25, 0.3) is 0 Å². The summed E-state index contributed by atoms with van der Waals surface area (Å²) in [5.74, 6) is 0.490. The molecule has 0 unspecified atom stereocenters. The standard InChI is InChI=1S/C11H14N4O2S/c1-18(16,17)14-7-6-12-11-13-8-9-4-2-3-5-10(9)15-11/h2-5,8,14H,6-7H2,1H3,(H,12,13,15). The van der Waals surface area contributed by atoms with E-state index in [9.17, 15) is 8.42 Å². The summed E-state index contributed by atoms with van der Waals surface area (Å²) in [5.41, 5.74) is 0.853. The molecule has 2 N–H and O–H groups in total. The summed E-state index contributed by atoms with van der Waals surface area (Å²) in [4.78, 5) is 8.45. The number of hydrogen-bond donors (Lipinski definition) is 2. The third-order valence-corrected chi connectivity index (χ3v) is 2.99. The lowest BCUT2D eigenvalue weighted by Crippen LogP contribution is -2.27. The number of nitrogens with one attached hydrogen (secondary N) is 2. The van der Waals surface area contributed by atoms with E-state index in [0.717, 1.165) is 17.2 Å². The monoisotopic (exact) mass is 266 g/mol. The van der Waals surface area contributed by atoms with Crippen molar-refractivity contribution in [2.75, 3.05) is 24.7 Å². The second-order valence-corrected chi connectivity index (χ2v) is 5.68. The summed E-state index contributed by atoms with van der Waals surface area (Å²) in [5, 5.41) is 3.93. The summed E-state index contributed by atoms with van der Waals surface area (Å²) >= 11 is 0. The average molecular weight is 266 g/mol. The molecule has 18 heavy (non-hydrogen) atoms. The molecule has 0 radical (unpaired) electrons. The van der Waals surface area contributed by atoms with Gasteiger partial charge in [-0.15, -0.1) is 0 Å². The highest BCUT2D eigenvalue weighted by Gasteiger charge is 2.01. The maximum atomic E-state index is 10.8. The Balaban J connectivity index is 1.96. The summed E-state index contributed by atoms with van der Waals surface area (Å²) in [6.07, 6.45) is 2.86. The zero-order valence-electron chi connectivity index (χ0n) is 9.92. The van der Waals surface area contributed by atoms with E-state index < -0.39 is 10.0 Å². The first-order chi connectivity index (χ1) is 8.54. The third kappa shape index (κ3) is 3.64. The highest BCUT2D eigenvalue weighted by molar-refractivity contribution is 7.88. The van der Waals surface area contributed by atoms with Crippen molar-refractivity contribution in [1.29, 1.82) is 0 Å². The molecule has 0 saturated carbocycles. The first kappa shape index (κ1) is 12.7. The fourth-order valence-corrected chi connectivity index (χ4v) is 1.94. The van der Waals surface area contributed by atoms with Gasteiger partial charge in [0.05, 0.1) is 11.8 Å². The molecule has 0 fully saturated rings. The van der Waals surface area contributed by atoms with Crippen LogP contribution in [0.2, 0.25) is 0 Å². The smallest absolute Gasteiger partial charge is 0.223 e. The molecule has 1 aromatic heterocycles. The Morgan fingerprint density at radius 1 is 1.22 bits per heavy atom. The molecule has 0 aliphatic rings. The van der Waals surface area contributed by atoms with E-state index in [2.05, 4.69) is 20.0 Å². The van der Waals surface area contributed by atoms with E-state index >= 15 is 0 Å². The fraction of sp³-hybridized carbons (Fsp3) is 0.273. The topological polar surface area (TPSA) is 84.0 Å². The maximum Gasteiger partial charge on any atom is 0.223 e. The zero-order valence-corrected chi connectivity index (χ0v) is 10.7. The lowest BCUT2D eigenvalue weighted by Gasteiger charge is -2.05. The highest BCUT2D eigenvalue weighted by Crippen LogP contribution is 2.11. The lowest BCUT2D eigenvalue weighted by atomic mass is 10.2. The Bertz CT molecular complexity index is 642. The second-order valence-electron chi connectivity index (χ2n) is 3.85. The van der Waals surface area contributed by atoms with E-state index in [0.29, 0.717) is 19.0 Å². The van der Waals surface area contributed by atoms with E-state index in [4.69, 9.17) is 0 Å². The van der Waals surface area contributed by atoms with Crippen LogP contribution in [0.25, 0.3) is 10.9 Å². The maximum absolute atomic E-state index is 10.8. The Kier molecular flexibility index (Phi) is 3.73. The van der Waals surface area contributed by atoms with Crippen LogP contribution in [0.5, 0.6) is 0 Å². The number of rotatable bonds is 5. The van der Waals surface area contributed by atoms with Crippen LogP contribution in [0.3, 0.4) is 0 Å². The minimum atomic E-state index is -3.14. The molecule has 7 heteroatoms. The summed E-state index contributed by atoms with van der Waals surface area (Å²) in [7, 11) is -3.14. The van der Waals surface area contributed by atoms with Crippen molar-refractivity contribution in [2.24, 2.45) is 0 Å². The van der Waals surface area contributed by atoms with Crippen LogP contribution in [0, 0.1) is 0 Å². The van der Waals surface area contributed by atoms with Crippen molar-refractivity contribution >= 4 is 26.9 Å². The normalized spacial score (nSPS) is 11.6. The molecule has 6 nitrogen and oxygen atoms in total. The molecule has 0 amide bonds. The Morgan fingerprint density at radius 3 is 2.78 bits per heavy atom. The van der Waals surface area contributed by atoms with Gasteiger partial charge in [0.2, 0.25) is 16.0 Å². The molecular formula is C11H14N4O2S. The summed E-state index contributed by atoms with van der Waals surface area (Å²) in [6.45, 7) is 0.737. The molecule has 2 aromatic rings. The molecule has 0 bridgehead atoms. The van der Waals surface area contributed by atoms with Crippen LogP contribution < -0.4 is 10.0 Å². The van der Waals surface area contributed by atoms with Gasteiger partial charge in [-0.25, -0.2) is 23.1 Å². The van der Waals surface area contributed by atoms with E-state index in [1.165, 1.54) is 0 Å². The van der Waals surface area contributed by atoms with Gasteiger partial charge in [-0.05, 0) is 6.07 Å². The molecule has 0 spiro atoms. The average Bonchev–Trinajstić information content (AvgIpc) is 2.33. The molecule has 2 rings (SSSR count). The lowest BCUT2D eigenvalue weighted by molar-refractivity contribution is 0.589. The molecule has 1 aromatic carbocycles. The van der Waals surface area contributed by atoms with Gasteiger partial charge in [0.15, 0.2) is 0 Å². The molecule has 1 heterocycles. The van der Waals surface area contributed by atoms with E-state index in [1.807, 2.05) is 24.3 Å². The molecule has 0 aliphatic carbocycles. The van der Waals surface area contributed by atoms with Gasteiger partial charge in [0, 0.05) is 24.7 Å². The number of sulfonamides is 1. The van der Waals surface area contributed by atoms with Gasteiger partial charge >= 0.3 is 0 Å². The summed E-state index contributed by atoms with van der Waals surface area (Å²) in [6, 6.07) is 7.67. The SMILES string of the molecule is CS(=O)(=O)NCCNc1ncc2ccccc2n1. The minimum Gasteiger partial charge on any atom is -0.353 e. The van der Waals surface area contributed by atoms with Crippen molar-refractivity contribution < 1.29 is 8.42 Å². The van der Waals surface area contributed by atoms with Crippen molar-refractivity contribution in [2.45, 2.75) is 0 Å². The molecular weight excluding hydrogens is 252 g/mol. The van der Waals surface area contributed by atoms with Crippen LogP contribution in [-0.2, 0) is 10.0 Å². The van der Waals surface area contributed by atoms with Gasteiger partial charge in [0.1, 0.15) is 0 Å². The Hall–Kier alpha value is -1.73. The van der Waals surface area contributed by atoms with Crippen LogP contribution in [0.1, 0.15) is 0 Å². The predicted molar refractivity (Wildman–Crippen MR) is 70.9 cm³/mol. The van der Waals surface area contributed by atoms with Gasteiger partial charge < -0.3 is 5.32 Å². The van der Waals surface area contributed by atoms with Crippen molar-refractivity contribution in [3.05, 3.63) is 30.5 Å². The van der Waals surface area contributed by atoms with Crippen LogP contribution in [-0.4, -0.2) is 37.7 Å². The highest BCUT2D eigenvalue weighted by atomic mass is 32.2. The molecule has 0 atom stereocenters. The number of para-hydroxylation sites is 1. The number of fused-ring (bicyclic) bond motifs is 1.